The molecule has 2 fully saturated rings. The molecule has 0 unspecified atom stereocenters. The van der Waals surface area contributed by atoms with Crippen molar-refractivity contribution in [2.45, 2.75) is 32.2 Å². The Hall–Kier alpha value is -0.880. The molecule has 1 N–H and O–H groups in total. The van der Waals surface area contributed by atoms with Crippen LogP contribution in [-0.4, -0.2) is 30.0 Å². The second-order valence-electron chi connectivity index (χ2n) is 6.11. The third kappa shape index (κ3) is 3.66. The van der Waals surface area contributed by atoms with Crippen LogP contribution in [0.2, 0.25) is 0 Å². The topological polar surface area (TPSA) is 56.1 Å². The molecule has 2 aliphatic carbocycles. The maximum Gasteiger partial charge on any atom is 0.283 e. The minimum absolute atomic E-state index is 0.105. The zero-order valence-corrected chi connectivity index (χ0v) is 13.9. The molecule has 6 heteroatoms. The van der Waals surface area contributed by atoms with Crippen LogP contribution in [0, 0.1) is 17.8 Å². The van der Waals surface area contributed by atoms with E-state index in [0.29, 0.717) is 17.6 Å². The SMILES string of the molecule is COCCn1ncc(NCC(C2CC2)C2CC2)c(Br)c1=O. The Bertz CT molecular complexity index is 540. The average Bonchev–Trinajstić information content (AvgIpc) is 3.36. The number of hydrogen-bond donors (Lipinski definition) is 1. The highest BCUT2D eigenvalue weighted by atomic mass is 79.9. The van der Waals surface area contributed by atoms with Crippen molar-refractivity contribution in [3.63, 3.8) is 0 Å². The molecule has 5 nitrogen and oxygen atoms in total. The molecular weight excluding hydrogens is 334 g/mol. The lowest BCUT2D eigenvalue weighted by Gasteiger charge is -2.17. The van der Waals surface area contributed by atoms with E-state index in [1.54, 1.807) is 13.3 Å². The van der Waals surface area contributed by atoms with Crippen molar-refractivity contribution in [1.82, 2.24) is 9.78 Å². The lowest BCUT2D eigenvalue weighted by atomic mass is 9.98. The van der Waals surface area contributed by atoms with Crippen molar-refractivity contribution in [1.29, 1.82) is 0 Å². The quantitative estimate of drug-likeness (QED) is 0.778. The van der Waals surface area contributed by atoms with E-state index in [1.807, 2.05) is 0 Å². The van der Waals surface area contributed by atoms with Gasteiger partial charge in [-0.2, -0.15) is 5.10 Å². The van der Waals surface area contributed by atoms with Gasteiger partial charge >= 0.3 is 0 Å². The fourth-order valence-electron chi connectivity index (χ4n) is 2.92. The Morgan fingerprint density at radius 3 is 2.67 bits per heavy atom. The molecule has 116 valence electrons. The summed E-state index contributed by atoms with van der Waals surface area (Å²) < 4.78 is 6.98. The number of nitrogens with zero attached hydrogens (tertiary/aromatic N) is 2. The minimum Gasteiger partial charge on any atom is -0.383 e. The number of anilines is 1. The number of rotatable bonds is 8. The van der Waals surface area contributed by atoms with E-state index in [9.17, 15) is 4.79 Å². The van der Waals surface area contributed by atoms with Crippen LogP contribution in [0.15, 0.2) is 15.5 Å². The maximum absolute atomic E-state index is 12.2. The number of halogens is 1. The molecule has 3 rings (SSSR count). The zero-order valence-electron chi connectivity index (χ0n) is 12.3. The molecule has 2 aliphatic rings. The van der Waals surface area contributed by atoms with Crippen LogP contribution < -0.4 is 10.9 Å². The minimum atomic E-state index is -0.105. The Morgan fingerprint density at radius 1 is 1.43 bits per heavy atom. The summed E-state index contributed by atoms with van der Waals surface area (Å²) >= 11 is 3.40. The van der Waals surface area contributed by atoms with Crippen LogP contribution in [0.4, 0.5) is 5.69 Å². The lowest BCUT2D eigenvalue weighted by Crippen LogP contribution is -2.27. The summed E-state index contributed by atoms with van der Waals surface area (Å²) in [7, 11) is 1.62. The Balaban J connectivity index is 1.64. The van der Waals surface area contributed by atoms with Crippen LogP contribution >= 0.6 is 15.9 Å². The van der Waals surface area contributed by atoms with E-state index < -0.39 is 0 Å². The van der Waals surface area contributed by atoms with Crippen molar-refractivity contribution >= 4 is 21.6 Å². The summed E-state index contributed by atoms with van der Waals surface area (Å²) in [4.78, 5) is 12.2. The molecule has 2 saturated carbocycles. The molecule has 21 heavy (non-hydrogen) atoms. The lowest BCUT2D eigenvalue weighted by molar-refractivity contribution is 0.181. The highest BCUT2D eigenvalue weighted by Gasteiger charge is 2.41. The molecule has 0 aromatic carbocycles. The van der Waals surface area contributed by atoms with E-state index in [0.717, 1.165) is 30.0 Å². The first kappa shape index (κ1) is 15.0. The van der Waals surface area contributed by atoms with Crippen molar-refractivity contribution < 1.29 is 4.74 Å². The summed E-state index contributed by atoms with van der Waals surface area (Å²) in [6.07, 6.45) is 7.24. The van der Waals surface area contributed by atoms with Gasteiger partial charge in [0.1, 0.15) is 4.47 Å². The highest BCUT2D eigenvalue weighted by Crippen LogP contribution is 2.49. The van der Waals surface area contributed by atoms with Gasteiger partial charge in [-0.3, -0.25) is 4.79 Å². The van der Waals surface area contributed by atoms with Crippen LogP contribution in [0.1, 0.15) is 25.7 Å². The molecule has 1 aromatic heterocycles. The molecule has 0 radical (unpaired) electrons. The third-order valence-electron chi connectivity index (χ3n) is 4.48. The fraction of sp³-hybridized carbons (Fsp3) is 0.733. The van der Waals surface area contributed by atoms with Gasteiger partial charge in [0.25, 0.3) is 5.56 Å². The third-order valence-corrected chi connectivity index (χ3v) is 5.24. The summed E-state index contributed by atoms with van der Waals surface area (Å²) in [5.41, 5.74) is 0.700. The molecule has 0 spiro atoms. The van der Waals surface area contributed by atoms with E-state index in [1.165, 1.54) is 30.4 Å². The summed E-state index contributed by atoms with van der Waals surface area (Å²) in [5.74, 6) is 2.57. The highest BCUT2D eigenvalue weighted by molar-refractivity contribution is 9.10. The second-order valence-corrected chi connectivity index (χ2v) is 6.91. The predicted octanol–water partition coefficient (Wildman–Crippen LogP) is 2.50. The van der Waals surface area contributed by atoms with Gasteiger partial charge in [0.15, 0.2) is 0 Å². The normalized spacial score (nSPS) is 18.2. The second kappa shape index (κ2) is 6.48. The van der Waals surface area contributed by atoms with E-state index in [4.69, 9.17) is 4.74 Å². The average molecular weight is 356 g/mol. The number of nitrogens with one attached hydrogen (secondary N) is 1. The summed E-state index contributed by atoms with van der Waals surface area (Å²) in [5, 5.41) is 7.63. The van der Waals surface area contributed by atoms with Gasteiger partial charge in [-0.15, -0.1) is 0 Å². The largest absolute Gasteiger partial charge is 0.383 e. The van der Waals surface area contributed by atoms with Gasteiger partial charge < -0.3 is 10.1 Å². The van der Waals surface area contributed by atoms with Gasteiger partial charge in [0.05, 0.1) is 25.0 Å². The molecule has 0 bridgehead atoms. The van der Waals surface area contributed by atoms with Crippen molar-refractivity contribution in [3.8, 4) is 0 Å². The van der Waals surface area contributed by atoms with Crippen LogP contribution in [0.25, 0.3) is 0 Å². The fourth-order valence-corrected chi connectivity index (χ4v) is 3.37. The van der Waals surface area contributed by atoms with Crippen LogP contribution in [0.3, 0.4) is 0 Å². The zero-order chi connectivity index (χ0) is 14.8. The molecule has 0 aliphatic heterocycles. The first-order valence-corrected chi connectivity index (χ1v) is 8.48. The molecule has 1 aromatic rings. The monoisotopic (exact) mass is 355 g/mol. The predicted molar refractivity (Wildman–Crippen MR) is 85.5 cm³/mol. The first-order valence-electron chi connectivity index (χ1n) is 7.69. The van der Waals surface area contributed by atoms with Gasteiger partial charge in [-0.05, 0) is 59.4 Å². The van der Waals surface area contributed by atoms with Gasteiger partial charge in [-0.25, -0.2) is 4.68 Å². The van der Waals surface area contributed by atoms with Crippen molar-refractivity contribution in [2.75, 3.05) is 25.6 Å². The first-order chi connectivity index (χ1) is 10.2. The number of ether oxygens (including phenoxy) is 1. The molecule has 0 atom stereocenters. The molecule has 0 amide bonds. The van der Waals surface area contributed by atoms with Crippen LogP contribution in [-0.2, 0) is 11.3 Å². The maximum atomic E-state index is 12.2. The van der Waals surface area contributed by atoms with E-state index in [-0.39, 0.29) is 5.56 Å². The van der Waals surface area contributed by atoms with Gasteiger partial charge in [0.2, 0.25) is 0 Å². The summed E-state index contributed by atoms with van der Waals surface area (Å²) in [6.45, 7) is 1.91. The Labute approximate surface area is 133 Å². The Morgan fingerprint density at radius 2 is 2.10 bits per heavy atom. The standard InChI is InChI=1S/C15H22BrN3O2/c1-21-7-6-19-15(20)14(16)13(9-18-19)17-8-12(10-2-3-10)11-4-5-11/h9-12,17H,2-8H2,1H3. The van der Waals surface area contributed by atoms with Gasteiger partial charge in [-0.1, -0.05) is 0 Å². The molecule has 1 heterocycles. The van der Waals surface area contributed by atoms with Crippen molar-refractivity contribution in [3.05, 3.63) is 21.0 Å². The molecular formula is C15H22BrN3O2. The van der Waals surface area contributed by atoms with Gasteiger partial charge in [0, 0.05) is 13.7 Å². The van der Waals surface area contributed by atoms with Crippen LogP contribution in [0.5, 0.6) is 0 Å². The number of hydrogen-bond acceptors (Lipinski definition) is 4. The smallest absolute Gasteiger partial charge is 0.283 e. The number of methoxy groups -OCH3 is 1. The van der Waals surface area contributed by atoms with E-state index in [2.05, 4.69) is 26.3 Å². The molecule has 0 saturated heterocycles. The summed E-state index contributed by atoms with van der Waals surface area (Å²) in [6, 6.07) is 0. The van der Waals surface area contributed by atoms with Crippen molar-refractivity contribution in [2.24, 2.45) is 17.8 Å². The van der Waals surface area contributed by atoms with E-state index >= 15 is 0 Å². The Kier molecular flexibility index (Phi) is 4.64. The number of aromatic nitrogens is 2.